The van der Waals surface area contributed by atoms with Crippen LogP contribution < -0.4 is 0 Å². The quantitative estimate of drug-likeness (QED) is 0.462. The number of hydrogen-bond donors (Lipinski definition) is 0. The van der Waals surface area contributed by atoms with Crippen molar-refractivity contribution in [3.8, 4) is 24.2 Å². The van der Waals surface area contributed by atoms with E-state index in [-0.39, 0.29) is 6.42 Å². The Kier molecular flexibility index (Phi) is 5.65. The summed E-state index contributed by atoms with van der Waals surface area (Å²) in [5, 5.41) is 0. The third-order valence-corrected chi connectivity index (χ3v) is 1.13. The maximum Gasteiger partial charge on any atom is 0.317 e. The lowest BCUT2D eigenvalue weighted by Gasteiger charge is -2.01. The van der Waals surface area contributed by atoms with Crippen molar-refractivity contribution in [3.63, 3.8) is 0 Å². The van der Waals surface area contributed by atoms with Gasteiger partial charge in [-0.25, -0.2) is 0 Å². The second-order valence-corrected chi connectivity index (χ2v) is 2.23. The summed E-state index contributed by atoms with van der Waals surface area (Å²) in [5.41, 5.74) is 0. The fraction of sp³-hybridized carbons (Fsp3) is 0.400. The van der Waals surface area contributed by atoms with Crippen LogP contribution in [-0.4, -0.2) is 25.2 Å². The van der Waals surface area contributed by atoms with E-state index in [0.717, 1.165) is 0 Å². The van der Waals surface area contributed by atoms with Crippen LogP contribution in [-0.2, 0) is 19.1 Å². The maximum atomic E-state index is 10.6. The van der Waals surface area contributed by atoms with Crippen LogP contribution in [0, 0.1) is 24.2 Å². The lowest BCUT2D eigenvalue weighted by molar-refractivity contribution is -0.141. The van der Waals surface area contributed by atoms with E-state index in [0.29, 0.717) is 0 Å². The lowest BCUT2D eigenvalue weighted by atomic mass is 10.3. The molecule has 0 fully saturated rings. The van der Waals surface area contributed by atoms with E-state index in [1.165, 1.54) is 14.0 Å². The van der Waals surface area contributed by atoms with Gasteiger partial charge in [-0.05, 0) is 11.8 Å². The van der Waals surface area contributed by atoms with Crippen molar-refractivity contribution in [1.29, 1.82) is 0 Å². The first-order valence-corrected chi connectivity index (χ1v) is 3.78. The molecular formula is C10H10O4. The van der Waals surface area contributed by atoms with Gasteiger partial charge < -0.3 is 9.47 Å². The van der Waals surface area contributed by atoms with Gasteiger partial charge in [0.25, 0.3) is 0 Å². The first-order valence-electron chi connectivity index (χ1n) is 3.78. The molecule has 4 heteroatoms. The molecule has 0 heterocycles. The van der Waals surface area contributed by atoms with E-state index in [2.05, 4.69) is 27.2 Å². The number of terminal acetylenes is 1. The second kappa shape index (κ2) is 6.56. The Balaban J connectivity index is 4.11. The molecule has 0 amide bonds. The molecule has 0 aromatic heterocycles. The Morgan fingerprint density at radius 1 is 1.50 bits per heavy atom. The summed E-state index contributed by atoms with van der Waals surface area (Å²) >= 11 is 0. The Morgan fingerprint density at radius 3 is 2.57 bits per heavy atom. The molecule has 1 unspecified atom stereocenters. The number of carbonyl (C=O) groups is 2. The van der Waals surface area contributed by atoms with Crippen molar-refractivity contribution in [1.82, 2.24) is 0 Å². The first-order chi connectivity index (χ1) is 6.60. The highest BCUT2D eigenvalue weighted by molar-refractivity contribution is 5.72. The van der Waals surface area contributed by atoms with Crippen LogP contribution in [0.2, 0.25) is 0 Å². The van der Waals surface area contributed by atoms with Gasteiger partial charge in [-0.3, -0.25) is 9.59 Å². The van der Waals surface area contributed by atoms with E-state index in [4.69, 9.17) is 6.42 Å². The van der Waals surface area contributed by atoms with Gasteiger partial charge in [0.1, 0.15) is 6.42 Å². The van der Waals surface area contributed by atoms with Gasteiger partial charge in [0, 0.05) is 6.92 Å². The highest BCUT2D eigenvalue weighted by Gasteiger charge is 2.03. The van der Waals surface area contributed by atoms with E-state index < -0.39 is 18.0 Å². The molecule has 0 aliphatic heterocycles. The van der Waals surface area contributed by atoms with Crippen LogP contribution in [0.25, 0.3) is 0 Å². The van der Waals surface area contributed by atoms with E-state index in [9.17, 15) is 9.59 Å². The molecule has 0 bridgehead atoms. The van der Waals surface area contributed by atoms with Crippen LogP contribution in [0.3, 0.4) is 0 Å². The third kappa shape index (κ3) is 5.68. The predicted octanol–water partition coefficient (Wildman–Crippen LogP) is 0.118. The minimum atomic E-state index is -0.905. The number of hydrogen-bond acceptors (Lipinski definition) is 4. The lowest BCUT2D eigenvalue weighted by Crippen LogP contribution is -2.11. The fourth-order valence-corrected chi connectivity index (χ4v) is 0.559. The van der Waals surface area contributed by atoms with Crippen molar-refractivity contribution in [3.05, 3.63) is 0 Å². The summed E-state index contributed by atoms with van der Waals surface area (Å²) in [6.45, 7) is 1.23. The van der Waals surface area contributed by atoms with E-state index >= 15 is 0 Å². The van der Waals surface area contributed by atoms with Crippen molar-refractivity contribution >= 4 is 11.9 Å². The van der Waals surface area contributed by atoms with E-state index in [1.54, 1.807) is 0 Å². The molecule has 0 radical (unpaired) electrons. The molecule has 0 spiro atoms. The minimum Gasteiger partial charge on any atom is -0.468 e. The average Bonchev–Trinajstić information content (AvgIpc) is 2.15. The zero-order valence-electron chi connectivity index (χ0n) is 7.99. The molecule has 14 heavy (non-hydrogen) atoms. The van der Waals surface area contributed by atoms with Crippen LogP contribution in [0.4, 0.5) is 0 Å². The van der Waals surface area contributed by atoms with Gasteiger partial charge in [0.2, 0.25) is 6.10 Å². The van der Waals surface area contributed by atoms with Gasteiger partial charge >= 0.3 is 11.9 Å². The molecule has 0 rings (SSSR count). The molecule has 0 aliphatic carbocycles. The standard InChI is InChI=1S/C10H10O4/c1-4-9(14-8(2)11)6-5-7-10(12)13-3/h1,9H,7H2,2-3H3. The molecular weight excluding hydrogens is 184 g/mol. The zero-order valence-corrected chi connectivity index (χ0v) is 7.99. The van der Waals surface area contributed by atoms with Crippen LogP contribution in [0.15, 0.2) is 0 Å². The number of ether oxygens (including phenoxy) is 2. The zero-order chi connectivity index (χ0) is 11.0. The van der Waals surface area contributed by atoms with Gasteiger partial charge in [-0.2, -0.15) is 0 Å². The number of methoxy groups -OCH3 is 1. The summed E-state index contributed by atoms with van der Waals surface area (Å²) in [6, 6.07) is 0. The molecule has 1 atom stereocenters. The Bertz CT molecular complexity index is 313. The van der Waals surface area contributed by atoms with Crippen LogP contribution in [0.1, 0.15) is 13.3 Å². The SMILES string of the molecule is C#CC(C#CCC(=O)OC)OC(C)=O. The molecule has 0 saturated carbocycles. The average molecular weight is 194 g/mol. The number of esters is 2. The molecule has 0 N–H and O–H groups in total. The van der Waals surface area contributed by atoms with Crippen LogP contribution >= 0.6 is 0 Å². The van der Waals surface area contributed by atoms with Gasteiger partial charge in [0.05, 0.1) is 7.11 Å². The van der Waals surface area contributed by atoms with Gasteiger partial charge in [-0.1, -0.05) is 5.92 Å². The smallest absolute Gasteiger partial charge is 0.317 e. The van der Waals surface area contributed by atoms with Crippen LogP contribution in [0.5, 0.6) is 0 Å². The molecule has 0 aromatic rings. The molecule has 0 aliphatic rings. The van der Waals surface area contributed by atoms with Crippen molar-refractivity contribution in [2.75, 3.05) is 7.11 Å². The summed E-state index contributed by atoms with van der Waals surface area (Å²) in [7, 11) is 1.26. The topological polar surface area (TPSA) is 52.6 Å². The monoisotopic (exact) mass is 194 g/mol. The summed E-state index contributed by atoms with van der Waals surface area (Å²) in [5.74, 6) is 6.06. The fourth-order valence-electron chi connectivity index (χ4n) is 0.559. The summed E-state index contributed by atoms with van der Waals surface area (Å²) in [4.78, 5) is 21.1. The predicted molar refractivity (Wildman–Crippen MR) is 48.8 cm³/mol. The second-order valence-electron chi connectivity index (χ2n) is 2.23. The first kappa shape index (κ1) is 12.1. The Hall–Kier alpha value is -1.94. The van der Waals surface area contributed by atoms with Crippen molar-refractivity contribution in [2.45, 2.75) is 19.4 Å². The van der Waals surface area contributed by atoms with E-state index in [1.807, 2.05) is 0 Å². The number of carbonyl (C=O) groups excluding carboxylic acids is 2. The largest absolute Gasteiger partial charge is 0.468 e. The van der Waals surface area contributed by atoms with Gasteiger partial charge in [-0.15, -0.1) is 6.42 Å². The summed E-state index contributed by atoms with van der Waals surface area (Å²) < 4.78 is 8.96. The Labute approximate surface area is 82.6 Å². The molecule has 0 aromatic carbocycles. The Morgan fingerprint density at radius 2 is 2.14 bits per heavy atom. The van der Waals surface area contributed by atoms with Crippen molar-refractivity contribution in [2.24, 2.45) is 0 Å². The molecule has 4 nitrogen and oxygen atoms in total. The highest BCUT2D eigenvalue weighted by Crippen LogP contribution is 1.89. The molecule has 0 saturated heterocycles. The maximum absolute atomic E-state index is 10.6. The number of rotatable bonds is 2. The minimum absolute atomic E-state index is 0.0735. The highest BCUT2D eigenvalue weighted by atomic mass is 16.5. The summed E-state index contributed by atoms with van der Waals surface area (Å²) in [6.07, 6.45) is 4.05. The normalized spacial score (nSPS) is 10.1. The third-order valence-electron chi connectivity index (χ3n) is 1.13. The molecule has 74 valence electrons. The van der Waals surface area contributed by atoms with Crippen molar-refractivity contribution < 1.29 is 19.1 Å². The van der Waals surface area contributed by atoms with Gasteiger partial charge in [0.15, 0.2) is 0 Å².